The third-order valence-corrected chi connectivity index (χ3v) is 5.23. The first-order chi connectivity index (χ1) is 11.5. The largest absolute Gasteiger partial charge is 0.325 e. The molecule has 2 N–H and O–H groups in total. The number of hydrogen-bond acceptors (Lipinski definition) is 3. The summed E-state index contributed by atoms with van der Waals surface area (Å²) >= 11 is 1.68. The summed E-state index contributed by atoms with van der Waals surface area (Å²) < 4.78 is 2.23. The molecule has 0 bridgehead atoms. The standard InChI is InChI=1S/C20H21N3S/c1-20(2,3)18-16(11-21)23-17(12-24-19(23)22-18)15-9-8-13-6-4-5-7-14(13)10-15/h4-10,12H,11,21H2,1-3H3. The molecule has 122 valence electrons. The summed E-state index contributed by atoms with van der Waals surface area (Å²) in [6, 6.07) is 15.0. The topological polar surface area (TPSA) is 43.3 Å². The minimum atomic E-state index is -0.0128. The number of thiazole rings is 1. The first-order valence-corrected chi connectivity index (χ1v) is 9.05. The number of imidazole rings is 1. The Morgan fingerprint density at radius 3 is 2.54 bits per heavy atom. The first kappa shape index (κ1) is 15.4. The van der Waals surface area contributed by atoms with Gasteiger partial charge in [-0.2, -0.15) is 0 Å². The summed E-state index contributed by atoms with van der Waals surface area (Å²) in [6.07, 6.45) is 0. The fourth-order valence-electron chi connectivity index (χ4n) is 3.25. The van der Waals surface area contributed by atoms with Crippen LogP contribution in [0.5, 0.6) is 0 Å². The lowest BCUT2D eigenvalue weighted by Gasteiger charge is -2.17. The average molecular weight is 335 g/mol. The van der Waals surface area contributed by atoms with Gasteiger partial charge >= 0.3 is 0 Å². The van der Waals surface area contributed by atoms with E-state index < -0.39 is 0 Å². The lowest BCUT2D eigenvalue weighted by Crippen LogP contribution is -2.17. The zero-order valence-electron chi connectivity index (χ0n) is 14.2. The molecule has 0 aliphatic carbocycles. The summed E-state index contributed by atoms with van der Waals surface area (Å²) in [7, 11) is 0. The highest BCUT2D eigenvalue weighted by Gasteiger charge is 2.25. The van der Waals surface area contributed by atoms with Gasteiger partial charge in [-0.15, -0.1) is 11.3 Å². The Kier molecular flexibility index (Phi) is 3.48. The lowest BCUT2D eigenvalue weighted by atomic mass is 9.90. The number of nitrogens with zero attached hydrogens (tertiary/aromatic N) is 2. The highest BCUT2D eigenvalue weighted by atomic mass is 32.1. The number of aromatic nitrogens is 2. The Morgan fingerprint density at radius 2 is 1.83 bits per heavy atom. The molecule has 0 radical (unpaired) electrons. The quantitative estimate of drug-likeness (QED) is 0.562. The second kappa shape index (κ2) is 5.43. The van der Waals surface area contributed by atoms with Crippen molar-refractivity contribution in [2.75, 3.05) is 0 Å². The van der Waals surface area contributed by atoms with Crippen molar-refractivity contribution in [3.05, 3.63) is 59.2 Å². The molecule has 4 heteroatoms. The summed E-state index contributed by atoms with van der Waals surface area (Å²) in [4.78, 5) is 5.88. The average Bonchev–Trinajstić information content (AvgIpc) is 3.12. The molecular weight excluding hydrogens is 314 g/mol. The molecule has 0 saturated carbocycles. The molecule has 4 aromatic rings. The van der Waals surface area contributed by atoms with Crippen LogP contribution >= 0.6 is 11.3 Å². The third kappa shape index (κ3) is 2.34. The molecule has 2 heterocycles. The normalized spacial score (nSPS) is 12.3. The van der Waals surface area contributed by atoms with E-state index in [1.807, 2.05) is 0 Å². The Morgan fingerprint density at radius 1 is 1.08 bits per heavy atom. The van der Waals surface area contributed by atoms with E-state index in [4.69, 9.17) is 10.7 Å². The van der Waals surface area contributed by atoms with Crippen LogP contribution in [0.4, 0.5) is 0 Å². The number of hydrogen-bond donors (Lipinski definition) is 1. The molecule has 3 nitrogen and oxygen atoms in total. The van der Waals surface area contributed by atoms with Crippen molar-refractivity contribution in [2.24, 2.45) is 5.73 Å². The third-order valence-electron chi connectivity index (χ3n) is 4.41. The van der Waals surface area contributed by atoms with Crippen LogP contribution in [-0.2, 0) is 12.0 Å². The van der Waals surface area contributed by atoms with Crippen LogP contribution in [0, 0.1) is 0 Å². The predicted octanol–water partition coefficient (Wildman–Crippen LogP) is 4.97. The van der Waals surface area contributed by atoms with Gasteiger partial charge in [0.1, 0.15) is 0 Å². The van der Waals surface area contributed by atoms with Gasteiger partial charge in [-0.3, -0.25) is 4.40 Å². The lowest BCUT2D eigenvalue weighted by molar-refractivity contribution is 0.564. The highest BCUT2D eigenvalue weighted by molar-refractivity contribution is 7.15. The van der Waals surface area contributed by atoms with E-state index in [9.17, 15) is 0 Å². The van der Waals surface area contributed by atoms with E-state index in [0.29, 0.717) is 6.54 Å². The van der Waals surface area contributed by atoms with Crippen molar-refractivity contribution in [1.82, 2.24) is 9.38 Å². The monoisotopic (exact) mass is 335 g/mol. The molecular formula is C20H21N3S. The van der Waals surface area contributed by atoms with Gasteiger partial charge in [0, 0.05) is 22.9 Å². The Balaban J connectivity index is 1.97. The maximum absolute atomic E-state index is 6.10. The van der Waals surface area contributed by atoms with Crippen molar-refractivity contribution in [2.45, 2.75) is 32.7 Å². The molecule has 0 spiro atoms. The molecule has 2 aromatic heterocycles. The first-order valence-electron chi connectivity index (χ1n) is 8.17. The number of benzene rings is 2. The van der Waals surface area contributed by atoms with Gasteiger partial charge in [-0.25, -0.2) is 4.98 Å². The minimum absolute atomic E-state index is 0.0128. The predicted molar refractivity (Wildman–Crippen MR) is 103 cm³/mol. The van der Waals surface area contributed by atoms with Gasteiger partial charge in [0.2, 0.25) is 0 Å². The molecule has 0 saturated heterocycles. The molecule has 4 rings (SSSR count). The van der Waals surface area contributed by atoms with Crippen molar-refractivity contribution in [3.63, 3.8) is 0 Å². The molecule has 0 atom stereocenters. The summed E-state index contributed by atoms with van der Waals surface area (Å²) in [5.74, 6) is 0. The van der Waals surface area contributed by atoms with Crippen LogP contribution in [0.1, 0.15) is 32.2 Å². The van der Waals surface area contributed by atoms with E-state index in [1.165, 1.54) is 22.0 Å². The van der Waals surface area contributed by atoms with E-state index in [1.54, 1.807) is 11.3 Å². The van der Waals surface area contributed by atoms with Crippen LogP contribution in [0.25, 0.3) is 27.0 Å². The second-order valence-corrected chi connectivity index (χ2v) is 8.00. The molecule has 2 aromatic carbocycles. The number of fused-ring (bicyclic) bond motifs is 2. The number of nitrogens with two attached hydrogens (primary N) is 1. The smallest absolute Gasteiger partial charge is 0.194 e. The Labute approximate surface area is 145 Å². The van der Waals surface area contributed by atoms with E-state index in [2.05, 4.69) is 73.0 Å². The SMILES string of the molecule is CC(C)(C)c1nc2scc(-c3ccc4ccccc4c3)n2c1CN. The second-order valence-electron chi connectivity index (χ2n) is 7.16. The van der Waals surface area contributed by atoms with Gasteiger partial charge < -0.3 is 5.73 Å². The molecule has 0 aliphatic rings. The van der Waals surface area contributed by atoms with E-state index in [-0.39, 0.29) is 5.41 Å². The fourth-order valence-corrected chi connectivity index (χ4v) is 4.17. The molecule has 0 unspecified atom stereocenters. The van der Waals surface area contributed by atoms with Gasteiger partial charge in [-0.1, -0.05) is 57.2 Å². The van der Waals surface area contributed by atoms with Gasteiger partial charge in [0.15, 0.2) is 4.96 Å². The van der Waals surface area contributed by atoms with Crippen molar-refractivity contribution >= 4 is 27.1 Å². The van der Waals surface area contributed by atoms with Crippen molar-refractivity contribution < 1.29 is 0 Å². The van der Waals surface area contributed by atoms with Crippen molar-refractivity contribution in [3.8, 4) is 11.3 Å². The van der Waals surface area contributed by atoms with E-state index in [0.717, 1.165) is 16.3 Å². The zero-order chi connectivity index (χ0) is 16.9. The Hall–Kier alpha value is -2.17. The van der Waals surface area contributed by atoms with Crippen LogP contribution in [0.3, 0.4) is 0 Å². The highest BCUT2D eigenvalue weighted by Crippen LogP contribution is 2.34. The zero-order valence-corrected chi connectivity index (χ0v) is 15.0. The summed E-state index contributed by atoms with van der Waals surface area (Å²) in [6.45, 7) is 7.06. The van der Waals surface area contributed by atoms with Crippen LogP contribution in [-0.4, -0.2) is 9.38 Å². The molecule has 0 aliphatic heterocycles. The van der Waals surface area contributed by atoms with Gasteiger partial charge in [-0.05, 0) is 16.8 Å². The molecule has 0 amide bonds. The maximum atomic E-state index is 6.10. The number of rotatable bonds is 2. The van der Waals surface area contributed by atoms with Crippen LogP contribution < -0.4 is 5.73 Å². The van der Waals surface area contributed by atoms with Gasteiger partial charge in [0.05, 0.1) is 17.1 Å². The molecule has 24 heavy (non-hydrogen) atoms. The Bertz CT molecular complexity index is 1030. The van der Waals surface area contributed by atoms with Crippen LogP contribution in [0.15, 0.2) is 47.8 Å². The van der Waals surface area contributed by atoms with Crippen molar-refractivity contribution in [1.29, 1.82) is 0 Å². The summed E-state index contributed by atoms with van der Waals surface area (Å²) in [5.41, 5.74) is 10.7. The van der Waals surface area contributed by atoms with Crippen LogP contribution in [0.2, 0.25) is 0 Å². The minimum Gasteiger partial charge on any atom is -0.325 e. The maximum Gasteiger partial charge on any atom is 0.194 e. The van der Waals surface area contributed by atoms with Gasteiger partial charge in [0.25, 0.3) is 0 Å². The summed E-state index contributed by atoms with van der Waals surface area (Å²) in [5, 5.41) is 4.69. The fraction of sp³-hybridized carbons (Fsp3) is 0.250. The van der Waals surface area contributed by atoms with E-state index >= 15 is 0 Å². The molecule has 0 fully saturated rings.